The van der Waals surface area contributed by atoms with Crippen molar-refractivity contribution < 1.29 is 9.53 Å². The van der Waals surface area contributed by atoms with E-state index in [1.54, 1.807) is 19.1 Å². The lowest BCUT2D eigenvalue weighted by molar-refractivity contribution is 0.168. The lowest BCUT2D eigenvalue weighted by Crippen LogP contribution is -2.14. The highest BCUT2D eigenvalue weighted by Gasteiger charge is 2.07. The van der Waals surface area contributed by atoms with Crippen molar-refractivity contribution in [2.24, 2.45) is 0 Å². The number of hydrogen-bond acceptors (Lipinski definition) is 5. The quantitative estimate of drug-likeness (QED) is 0.881. The Morgan fingerprint density at radius 3 is 2.50 bits per heavy atom. The molecule has 0 unspecified atom stereocenters. The van der Waals surface area contributed by atoms with Gasteiger partial charge in [-0.1, -0.05) is 25.1 Å². The van der Waals surface area contributed by atoms with E-state index in [-0.39, 0.29) is 0 Å². The first-order valence-corrected chi connectivity index (χ1v) is 7.27. The topological polar surface area (TPSA) is 76.1 Å². The first-order chi connectivity index (χ1) is 10.6. The molecular formula is C16H20N4O2. The second kappa shape index (κ2) is 7.40. The molecule has 0 radical (unpaired) electrons. The molecule has 1 amide bonds. The van der Waals surface area contributed by atoms with Crippen molar-refractivity contribution in [2.75, 3.05) is 17.2 Å². The number of aryl methyl sites for hydroxylation is 2. The summed E-state index contributed by atoms with van der Waals surface area (Å²) in [6.45, 7) is 6.21. The zero-order valence-electron chi connectivity index (χ0n) is 13.0. The third-order valence-corrected chi connectivity index (χ3v) is 3.16. The van der Waals surface area contributed by atoms with Crippen LogP contribution in [-0.4, -0.2) is 22.9 Å². The van der Waals surface area contributed by atoms with Gasteiger partial charge in [0.15, 0.2) is 11.6 Å². The molecule has 0 bridgehead atoms. The summed E-state index contributed by atoms with van der Waals surface area (Å²) in [5.74, 6) is 0.975. The maximum Gasteiger partial charge on any atom is 0.412 e. The van der Waals surface area contributed by atoms with Crippen LogP contribution in [0.15, 0.2) is 30.3 Å². The summed E-state index contributed by atoms with van der Waals surface area (Å²) in [7, 11) is 0. The van der Waals surface area contributed by atoms with E-state index in [0.717, 1.165) is 17.7 Å². The minimum Gasteiger partial charge on any atom is -0.450 e. The summed E-state index contributed by atoms with van der Waals surface area (Å²) >= 11 is 0. The van der Waals surface area contributed by atoms with E-state index in [9.17, 15) is 4.79 Å². The minimum atomic E-state index is -0.537. The average molecular weight is 300 g/mol. The van der Waals surface area contributed by atoms with Crippen LogP contribution in [0.25, 0.3) is 0 Å². The number of amides is 1. The van der Waals surface area contributed by atoms with E-state index >= 15 is 0 Å². The van der Waals surface area contributed by atoms with Crippen molar-refractivity contribution >= 4 is 23.4 Å². The van der Waals surface area contributed by atoms with Gasteiger partial charge in [0.2, 0.25) is 0 Å². The molecule has 1 heterocycles. The largest absolute Gasteiger partial charge is 0.450 e. The molecule has 0 aliphatic heterocycles. The number of nitrogens with zero attached hydrogens (tertiary/aromatic N) is 2. The normalized spacial score (nSPS) is 10.1. The Balaban J connectivity index is 2.10. The molecule has 0 aliphatic carbocycles. The first kappa shape index (κ1) is 15.8. The molecule has 0 atom stereocenters. The predicted octanol–water partition coefficient (Wildman–Crippen LogP) is 3.66. The summed E-state index contributed by atoms with van der Waals surface area (Å²) in [4.78, 5) is 11.3. The molecular weight excluding hydrogens is 280 g/mol. The molecule has 1 aromatic carbocycles. The SMILES string of the molecule is CCOC(=O)Nc1ccc(Nc2c(C)cccc2CC)nn1. The van der Waals surface area contributed by atoms with E-state index in [1.165, 1.54) is 5.56 Å². The van der Waals surface area contributed by atoms with Crippen LogP contribution in [0, 0.1) is 6.92 Å². The Bertz CT molecular complexity index is 641. The van der Waals surface area contributed by atoms with E-state index in [0.29, 0.717) is 18.2 Å². The average Bonchev–Trinajstić information content (AvgIpc) is 2.51. The molecule has 2 aromatic rings. The van der Waals surface area contributed by atoms with Crippen LogP contribution in [0.4, 0.5) is 22.1 Å². The Labute approximate surface area is 129 Å². The molecule has 0 saturated carbocycles. The number of anilines is 3. The Morgan fingerprint density at radius 2 is 1.86 bits per heavy atom. The molecule has 0 aliphatic rings. The zero-order valence-corrected chi connectivity index (χ0v) is 13.0. The second-order valence-corrected chi connectivity index (χ2v) is 4.74. The van der Waals surface area contributed by atoms with Gasteiger partial charge in [0.05, 0.1) is 6.61 Å². The number of benzene rings is 1. The number of rotatable bonds is 5. The fourth-order valence-corrected chi connectivity index (χ4v) is 2.07. The van der Waals surface area contributed by atoms with Gasteiger partial charge in [-0.3, -0.25) is 5.32 Å². The number of para-hydroxylation sites is 1. The van der Waals surface area contributed by atoms with Gasteiger partial charge in [-0.25, -0.2) is 4.79 Å². The molecule has 0 fully saturated rings. The van der Waals surface area contributed by atoms with Crippen LogP contribution < -0.4 is 10.6 Å². The summed E-state index contributed by atoms with van der Waals surface area (Å²) in [6.07, 6.45) is 0.393. The van der Waals surface area contributed by atoms with Crippen molar-refractivity contribution in [2.45, 2.75) is 27.2 Å². The highest BCUT2D eigenvalue weighted by Crippen LogP contribution is 2.24. The van der Waals surface area contributed by atoms with Crippen molar-refractivity contribution in [3.8, 4) is 0 Å². The molecule has 0 spiro atoms. The first-order valence-electron chi connectivity index (χ1n) is 7.27. The number of carbonyl (C=O) groups excluding carboxylic acids is 1. The molecule has 1 aromatic heterocycles. The Hall–Kier alpha value is -2.63. The monoisotopic (exact) mass is 300 g/mol. The molecule has 6 nitrogen and oxygen atoms in total. The second-order valence-electron chi connectivity index (χ2n) is 4.74. The fraction of sp³-hybridized carbons (Fsp3) is 0.312. The van der Waals surface area contributed by atoms with Gasteiger partial charge in [0.1, 0.15) is 0 Å². The van der Waals surface area contributed by atoms with Crippen molar-refractivity contribution in [3.63, 3.8) is 0 Å². The number of hydrogen-bond donors (Lipinski definition) is 2. The van der Waals surface area contributed by atoms with Gasteiger partial charge in [-0.15, -0.1) is 10.2 Å². The third-order valence-electron chi connectivity index (χ3n) is 3.16. The molecule has 116 valence electrons. The molecule has 6 heteroatoms. The highest BCUT2D eigenvalue weighted by atomic mass is 16.5. The number of ether oxygens (including phenoxy) is 1. The molecule has 2 N–H and O–H groups in total. The number of nitrogens with one attached hydrogen (secondary N) is 2. The van der Waals surface area contributed by atoms with Crippen LogP contribution >= 0.6 is 0 Å². The number of aromatic nitrogens is 2. The smallest absolute Gasteiger partial charge is 0.412 e. The lowest BCUT2D eigenvalue weighted by Gasteiger charge is -2.13. The van der Waals surface area contributed by atoms with Crippen LogP contribution in [0.2, 0.25) is 0 Å². The van der Waals surface area contributed by atoms with Gasteiger partial charge in [0, 0.05) is 5.69 Å². The van der Waals surface area contributed by atoms with Crippen LogP contribution in [0.3, 0.4) is 0 Å². The van der Waals surface area contributed by atoms with Gasteiger partial charge in [-0.05, 0) is 43.5 Å². The summed E-state index contributed by atoms with van der Waals surface area (Å²) in [5.41, 5.74) is 3.41. The molecule has 22 heavy (non-hydrogen) atoms. The van der Waals surface area contributed by atoms with Crippen LogP contribution in [0.1, 0.15) is 25.0 Å². The van der Waals surface area contributed by atoms with Gasteiger partial charge in [-0.2, -0.15) is 0 Å². The maximum atomic E-state index is 11.3. The molecule has 0 saturated heterocycles. The summed E-state index contributed by atoms with van der Waals surface area (Å²) < 4.78 is 4.78. The maximum absolute atomic E-state index is 11.3. The van der Waals surface area contributed by atoms with E-state index in [2.05, 4.69) is 33.8 Å². The molecule has 2 rings (SSSR count). The minimum absolute atomic E-state index is 0.311. The Kier molecular flexibility index (Phi) is 5.30. The summed E-state index contributed by atoms with van der Waals surface area (Å²) in [6, 6.07) is 9.61. The van der Waals surface area contributed by atoms with Gasteiger partial charge in [0.25, 0.3) is 0 Å². The van der Waals surface area contributed by atoms with Crippen molar-refractivity contribution in [3.05, 3.63) is 41.5 Å². The van der Waals surface area contributed by atoms with E-state index in [4.69, 9.17) is 4.74 Å². The zero-order chi connectivity index (χ0) is 15.9. The van der Waals surface area contributed by atoms with Crippen molar-refractivity contribution in [1.82, 2.24) is 10.2 Å². The van der Waals surface area contributed by atoms with Crippen LogP contribution in [0.5, 0.6) is 0 Å². The Morgan fingerprint density at radius 1 is 1.14 bits per heavy atom. The summed E-state index contributed by atoms with van der Waals surface area (Å²) in [5, 5.41) is 13.8. The predicted molar refractivity (Wildman–Crippen MR) is 86.5 cm³/mol. The fourth-order valence-electron chi connectivity index (χ4n) is 2.07. The van der Waals surface area contributed by atoms with E-state index in [1.807, 2.05) is 19.1 Å². The van der Waals surface area contributed by atoms with Crippen molar-refractivity contribution in [1.29, 1.82) is 0 Å². The lowest BCUT2D eigenvalue weighted by atomic mass is 10.1. The standard InChI is InChI=1S/C16H20N4O2/c1-4-12-8-6-7-11(3)15(12)17-13-9-10-14(20-19-13)18-16(21)22-5-2/h6-10H,4-5H2,1-3H3,(H,17,19)(H,18,20,21). The third kappa shape index (κ3) is 3.94. The van der Waals surface area contributed by atoms with Gasteiger partial charge >= 0.3 is 6.09 Å². The van der Waals surface area contributed by atoms with Crippen LogP contribution in [-0.2, 0) is 11.2 Å². The van der Waals surface area contributed by atoms with Gasteiger partial charge < -0.3 is 10.1 Å². The number of carbonyl (C=O) groups is 1. The van der Waals surface area contributed by atoms with E-state index < -0.39 is 6.09 Å². The highest BCUT2D eigenvalue weighted by molar-refractivity contribution is 5.83.